The Hall–Kier alpha value is -3.73. The minimum atomic E-state index is -1.45. The lowest BCUT2D eigenvalue weighted by Crippen LogP contribution is -2.59. The zero-order valence-electron chi connectivity index (χ0n) is 20.1. The van der Waals surface area contributed by atoms with Crippen LogP contribution in [0.5, 0.6) is 11.5 Å². The Morgan fingerprint density at radius 3 is 2.80 bits per heavy atom. The summed E-state index contributed by atoms with van der Waals surface area (Å²) in [6, 6.07) is 8.37. The Morgan fingerprint density at radius 2 is 2.06 bits per heavy atom. The third-order valence-electron chi connectivity index (χ3n) is 6.23. The molecular weight excluding hydrogens is 454 g/mol. The molecule has 3 heterocycles. The molecule has 0 bridgehead atoms. The monoisotopic (exact) mass is 483 g/mol. The quantitative estimate of drug-likeness (QED) is 0.462. The summed E-state index contributed by atoms with van der Waals surface area (Å²) in [4.78, 5) is 26.0. The molecule has 2 N–H and O–H groups in total. The second-order valence-corrected chi connectivity index (χ2v) is 9.03. The van der Waals surface area contributed by atoms with Crippen LogP contribution in [0.4, 0.5) is 0 Å². The van der Waals surface area contributed by atoms with Crippen molar-refractivity contribution >= 4 is 5.97 Å². The van der Waals surface area contributed by atoms with E-state index in [4.69, 9.17) is 14.2 Å². The van der Waals surface area contributed by atoms with Gasteiger partial charge in [0, 0.05) is 36.4 Å². The summed E-state index contributed by atoms with van der Waals surface area (Å²) < 4.78 is 18.9. The molecule has 0 amide bonds. The molecule has 2 aromatic heterocycles. The lowest BCUT2D eigenvalue weighted by atomic mass is 9.76. The van der Waals surface area contributed by atoms with Crippen LogP contribution < -0.4 is 15.0 Å². The number of aliphatic hydroxyl groups is 1. The number of carbonyl (C=O) groups excluding carboxylic acids is 1. The standard InChI is InChI=1S/C24H29N5O6/c1-5-33-20(31)7-6-12-29-22(26-27-28-29)15-8-9-18-17(13-15)21(24(4,32)23(2,3)35-18)34-16-10-11-25-19(30)14-16/h8-11,13-14,21,32H,5-7,12H2,1-4H3,(H,25,30). The number of H-pyrrole nitrogens is 1. The molecule has 0 saturated carbocycles. The lowest BCUT2D eigenvalue weighted by molar-refractivity contribution is -0.174. The van der Waals surface area contributed by atoms with Gasteiger partial charge in [-0.25, -0.2) is 4.68 Å². The second kappa shape index (κ2) is 9.49. The molecule has 4 rings (SSSR count). The predicted octanol–water partition coefficient (Wildman–Crippen LogP) is 2.41. The van der Waals surface area contributed by atoms with Crippen LogP contribution in [0.15, 0.2) is 41.3 Å². The van der Waals surface area contributed by atoms with Crippen LogP contribution in [0.25, 0.3) is 11.4 Å². The maximum absolute atomic E-state index is 11.8. The van der Waals surface area contributed by atoms with Crippen molar-refractivity contribution in [1.82, 2.24) is 25.2 Å². The van der Waals surface area contributed by atoms with Crippen molar-refractivity contribution in [3.8, 4) is 22.9 Å². The molecule has 11 nitrogen and oxygen atoms in total. The molecule has 0 radical (unpaired) electrons. The highest BCUT2D eigenvalue weighted by atomic mass is 16.6. The van der Waals surface area contributed by atoms with Gasteiger partial charge in [-0.05, 0) is 68.8 Å². The van der Waals surface area contributed by atoms with Crippen molar-refractivity contribution in [2.45, 2.75) is 64.4 Å². The van der Waals surface area contributed by atoms with Crippen LogP contribution in [0.3, 0.4) is 0 Å². The highest BCUT2D eigenvalue weighted by Gasteiger charge is 2.54. The molecule has 0 fully saturated rings. The Labute approximate surface area is 202 Å². The van der Waals surface area contributed by atoms with Crippen LogP contribution in [0.2, 0.25) is 0 Å². The summed E-state index contributed by atoms with van der Waals surface area (Å²) in [6.07, 6.45) is 1.41. The summed E-state index contributed by atoms with van der Waals surface area (Å²) >= 11 is 0. The number of rotatable bonds is 8. The van der Waals surface area contributed by atoms with Crippen molar-refractivity contribution < 1.29 is 24.1 Å². The largest absolute Gasteiger partial charge is 0.484 e. The average Bonchev–Trinajstić information content (AvgIpc) is 3.25. The van der Waals surface area contributed by atoms with E-state index in [-0.39, 0.29) is 17.9 Å². The normalized spacial score (nSPS) is 20.5. The number of benzene rings is 1. The van der Waals surface area contributed by atoms with Gasteiger partial charge < -0.3 is 24.3 Å². The smallest absolute Gasteiger partial charge is 0.305 e. The summed E-state index contributed by atoms with van der Waals surface area (Å²) in [5, 5.41) is 23.5. The number of carbonyl (C=O) groups is 1. The van der Waals surface area contributed by atoms with Crippen LogP contribution >= 0.6 is 0 Å². The van der Waals surface area contributed by atoms with Crippen molar-refractivity contribution in [2.24, 2.45) is 0 Å². The lowest BCUT2D eigenvalue weighted by Gasteiger charge is -2.49. The van der Waals surface area contributed by atoms with Gasteiger partial charge in [-0.3, -0.25) is 9.59 Å². The summed E-state index contributed by atoms with van der Waals surface area (Å²) in [7, 11) is 0. The van der Waals surface area contributed by atoms with E-state index < -0.39 is 17.3 Å². The Bertz CT molecular complexity index is 1270. The molecule has 2 unspecified atom stereocenters. The third-order valence-corrected chi connectivity index (χ3v) is 6.23. The number of aromatic nitrogens is 5. The number of hydrogen-bond acceptors (Lipinski definition) is 9. The molecule has 0 aliphatic carbocycles. The second-order valence-electron chi connectivity index (χ2n) is 9.03. The van der Waals surface area contributed by atoms with E-state index in [1.165, 1.54) is 12.3 Å². The molecular formula is C24H29N5O6. The Morgan fingerprint density at radius 1 is 1.26 bits per heavy atom. The first kappa shape index (κ1) is 24.4. The maximum Gasteiger partial charge on any atom is 0.305 e. The van der Waals surface area contributed by atoms with Crippen molar-refractivity contribution in [1.29, 1.82) is 0 Å². The van der Waals surface area contributed by atoms with Crippen LogP contribution in [-0.4, -0.2) is 54.1 Å². The number of tetrazole rings is 1. The van der Waals surface area contributed by atoms with Gasteiger partial charge in [0.2, 0.25) is 0 Å². The first-order chi connectivity index (χ1) is 16.6. The zero-order valence-corrected chi connectivity index (χ0v) is 20.1. The molecule has 1 aromatic carbocycles. The van der Waals surface area contributed by atoms with E-state index in [0.717, 1.165) is 0 Å². The van der Waals surface area contributed by atoms with Gasteiger partial charge in [0.05, 0.1) is 6.61 Å². The summed E-state index contributed by atoms with van der Waals surface area (Å²) in [6.45, 7) is 7.73. The number of nitrogens with one attached hydrogen (secondary N) is 1. The van der Waals surface area contributed by atoms with Crippen molar-refractivity contribution in [2.75, 3.05) is 6.61 Å². The minimum Gasteiger partial charge on any atom is -0.484 e. The molecule has 0 saturated heterocycles. The van der Waals surface area contributed by atoms with E-state index in [1.807, 2.05) is 12.1 Å². The van der Waals surface area contributed by atoms with Gasteiger partial charge >= 0.3 is 5.97 Å². The molecule has 1 aliphatic rings. The van der Waals surface area contributed by atoms with E-state index in [1.54, 1.807) is 44.5 Å². The van der Waals surface area contributed by atoms with Crippen molar-refractivity contribution in [3.63, 3.8) is 0 Å². The number of nitrogens with zero attached hydrogens (tertiary/aromatic N) is 4. The van der Waals surface area contributed by atoms with Gasteiger partial charge in [0.25, 0.3) is 5.56 Å². The molecule has 35 heavy (non-hydrogen) atoms. The number of aryl methyl sites for hydroxylation is 1. The molecule has 2 atom stereocenters. The fourth-order valence-corrected chi connectivity index (χ4v) is 3.96. The third kappa shape index (κ3) is 4.90. The zero-order chi connectivity index (χ0) is 25.2. The molecule has 0 spiro atoms. The predicted molar refractivity (Wildman–Crippen MR) is 125 cm³/mol. The molecule has 3 aromatic rings. The fraction of sp³-hybridized carbons (Fsp3) is 0.458. The summed E-state index contributed by atoms with van der Waals surface area (Å²) in [5.41, 5.74) is -1.48. The van der Waals surface area contributed by atoms with Crippen molar-refractivity contribution in [3.05, 3.63) is 52.4 Å². The van der Waals surface area contributed by atoms with Gasteiger partial charge in [0.1, 0.15) is 22.7 Å². The van der Waals surface area contributed by atoms with Gasteiger partial charge in [-0.15, -0.1) is 5.10 Å². The van der Waals surface area contributed by atoms with E-state index in [0.29, 0.717) is 48.0 Å². The van der Waals surface area contributed by atoms with Gasteiger partial charge in [-0.1, -0.05) is 0 Å². The first-order valence-electron chi connectivity index (χ1n) is 11.5. The minimum absolute atomic E-state index is 0.259. The highest BCUT2D eigenvalue weighted by Crippen LogP contribution is 2.48. The summed E-state index contributed by atoms with van der Waals surface area (Å²) in [5.74, 6) is 1.09. The number of esters is 1. The Balaban J connectivity index is 1.67. The van der Waals surface area contributed by atoms with Gasteiger partial charge in [-0.2, -0.15) is 0 Å². The van der Waals surface area contributed by atoms with Crippen LogP contribution in [0, 0.1) is 0 Å². The molecule has 11 heteroatoms. The van der Waals surface area contributed by atoms with E-state index in [2.05, 4.69) is 20.5 Å². The van der Waals surface area contributed by atoms with E-state index in [9.17, 15) is 14.7 Å². The number of pyridine rings is 1. The van der Waals surface area contributed by atoms with E-state index >= 15 is 0 Å². The molecule has 186 valence electrons. The average molecular weight is 484 g/mol. The maximum atomic E-state index is 11.8. The van der Waals surface area contributed by atoms with Crippen LogP contribution in [0.1, 0.15) is 52.2 Å². The number of fused-ring (bicyclic) bond motifs is 1. The van der Waals surface area contributed by atoms with Crippen LogP contribution in [-0.2, 0) is 16.1 Å². The highest BCUT2D eigenvalue weighted by molar-refractivity contribution is 5.69. The first-order valence-corrected chi connectivity index (χ1v) is 11.5. The molecule has 1 aliphatic heterocycles. The number of ether oxygens (including phenoxy) is 3. The SMILES string of the molecule is CCOC(=O)CCCn1nnnc1-c1ccc2c(c1)C(Oc1cc[nH]c(=O)c1)C(C)(O)C(C)(C)O2. The fourth-order valence-electron chi connectivity index (χ4n) is 3.96. The number of hydrogen-bond donors (Lipinski definition) is 2. The number of aromatic amines is 1. The Kier molecular flexibility index (Phi) is 6.62. The van der Waals surface area contributed by atoms with Gasteiger partial charge in [0.15, 0.2) is 11.9 Å². The topological polar surface area (TPSA) is 141 Å².